The smallest absolute Gasteiger partial charge is 0.338 e. The van der Waals surface area contributed by atoms with Gasteiger partial charge in [0.25, 0.3) is 0 Å². The van der Waals surface area contributed by atoms with Crippen LogP contribution >= 0.6 is 0 Å². The number of aryl methyl sites for hydroxylation is 2. The molecule has 4 rings (SSSR count). The van der Waals surface area contributed by atoms with Crippen molar-refractivity contribution < 1.29 is 22.4 Å². The lowest BCUT2D eigenvalue weighted by Crippen LogP contribution is -2.55. The predicted octanol–water partition coefficient (Wildman–Crippen LogP) is 5.85. The first kappa shape index (κ1) is 27.7. The Morgan fingerprint density at radius 1 is 1.21 bits per heavy atom. The zero-order valence-corrected chi connectivity index (χ0v) is 22.7. The van der Waals surface area contributed by atoms with E-state index in [1.165, 1.54) is 19.9 Å². The van der Waals surface area contributed by atoms with Crippen molar-refractivity contribution in [3.63, 3.8) is 0 Å². The number of pyridine rings is 1. The van der Waals surface area contributed by atoms with Crippen LogP contribution in [0.3, 0.4) is 0 Å². The van der Waals surface area contributed by atoms with Crippen LogP contribution in [-0.2, 0) is 23.7 Å². The Hall–Kier alpha value is -3.30. The fourth-order valence-corrected chi connectivity index (χ4v) is 5.63. The van der Waals surface area contributed by atoms with E-state index in [-0.39, 0.29) is 36.6 Å². The van der Waals surface area contributed by atoms with E-state index < -0.39 is 29.0 Å². The van der Waals surface area contributed by atoms with E-state index in [0.717, 1.165) is 6.07 Å². The number of alkyl halides is 4. The zero-order chi connectivity index (χ0) is 28.2. The molecule has 204 valence electrons. The molecule has 2 aromatic heterocycles. The predicted molar refractivity (Wildman–Crippen MR) is 137 cm³/mol. The van der Waals surface area contributed by atoms with Crippen LogP contribution in [0.2, 0.25) is 0 Å². The van der Waals surface area contributed by atoms with Crippen molar-refractivity contribution in [2.75, 3.05) is 6.54 Å². The molecule has 3 heterocycles. The van der Waals surface area contributed by atoms with E-state index in [1.54, 1.807) is 37.1 Å². The van der Waals surface area contributed by atoms with Crippen molar-refractivity contribution >= 4 is 16.8 Å². The minimum atomic E-state index is -4.47. The quantitative estimate of drug-likeness (QED) is 0.398. The van der Waals surface area contributed by atoms with Gasteiger partial charge in [-0.05, 0) is 57.9 Å². The number of amides is 1. The largest absolute Gasteiger partial charge is 0.416 e. The van der Waals surface area contributed by atoms with Crippen LogP contribution in [-0.4, -0.2) is 37.4 Å². The Bertz CT molecular complexity index is 1480. The van der Waals surface area contributed by atoms with Gasteiger partial charge in [0.2, 0.25) is 5.91 Å². The molecule has 0 saturated carbocycles. The van der Waals surface area contributed by atoms with Crippen molar-refractivity contribution in [1.29, 1.82) is 0 Å². The fourth-order valence-electron chi connectivity index (χ4n) is 5.63. The molecular formula is C28H33F4N5O. The number of hydrogen-bond acceptors (Lipinski definition) is 4. The summed E-state index contributed by atoms with van der Waals surface area (Å²) in [4.78, 5) is 27.6. The summed E-state index contributed by atoms with van der Waals surface area (Å²) in [6, 6.07) is 5.08. The van der Waals surface area contributed by atoms with Crippen LogP contribution in [0.1, 0.15) is 74.8 Å². The monoisotopic (exact) mass is 531 g/mol. The number of likely N-dealkylation sites (tertiary alicyclic amines) is 1. The second-order valence-corrected chi connectivity index (χ2v) is 10.8. The Morgan fingerprint density at radius 3 is 2.50 bits per heavy atom. The van der Waals surface area contributed by atoms with Crippen molar-refractivity contribution in [2.45, 2.75) is 77.8 Å². The van der Waals surface area contributed by atoms with Gasteiger partial charge in [-0.3, -0.25) is 14.8 Å². The number of piperidine rings is 1. The molecule has 1 aromatic carbocycles. The van der Waals surface area contributed by atoms with Crippen LogP contribution in [0.4, 0.5) is 17.6 Å². The van der Waals surface area contributed by atoms with E-state index in [2.05, 4.69) is 9.97 Å². The summed E-state index contributed by atoms with van der Waals surface area (Å²) in [6.07, 6.45) is -2.70. The molecule has 1 aliphatic heterocycles. The number of hydrogen-bond donors (Lipinski definition) is 0. The maximum Gasteiger partial charge on any atom is 0.416 e. The zero-order valence-electron chi connectivity index (χ0n) is 22.7. The molecule has 3 aromatic rings. The Morgan fingerprint density at radius 2 is 1.89 bits per heavy atom. The van der Waals surface area contributed by atoms with Crippen LogP contribution in [0.15, 0.2) is 35.5 Å². The van der Waals surface area contributed by atoms with Gasteiger partial charge in [-0.25, -0.2) is 9.37 Å². The number of carbonyl (C=O) groups is 1. The van der Waals surface area contributed by atoms with Gasteiger partial charge in [0.1, 0.15) is 5.82 Å². The molecule has 1 aliphatic rings. The minimum absolute atomic E-state index is 0.0792. The van der Waals surface area contributed by atoms with Crippen molar-refractivity contribution in [1.82, 2.24) is 19.4 Å². The van der Waals surface area contributed by atoms with Gasteiger partial charge in [-0.1, -0.05) is 12.1 Å². The first-order chi connectivity index (χ1) is 17.5. The van der Waals surface area contributed by atoms with Crippen molar-refractivity contribution in [3.8, 4) is 0 Å². The summed E-state index contributed by atoms with van der Waals surface area (Å²) in [7, 11) is 1.82. The molecule has 10 heteroatoms. The average molecular weight is 532 g/mol. The summed E-state index contributed by atoms with van der Waals surface area (Å²) in [5, 5.41) is 0.559. The average Bonchev–Trinajstić information content (AvgIpc) is 2.80. The number of halogens is 4. The highest BCUT2D eigenvalue weighted by molar-refractivity contribution is 5.78. The SMILES string of the molecule is CC(=O)N1CCC(F)(c2cc3c(=NC(C)c4cccc(C(F)(F)F)c4C)nc(C)n(C)c3cn2)CC1(C)C. The lowest BCUT2D eigenvalue weighted by atomic mass is 9.78. The molecule has 0 radical (unpaired) electrons. The van der Waals surface area contributed by atoms with Crippen molar-refractivity contribution in [3.05, 3.63) is 64.2 Å². The third-order valence-electron chi connectivity index (χ3n) is 7.70. The molecule has 38 heavy (non-hydrogen) atoms. The molecule has 6 nitrogen and oxygen atoms in total. The van der Waals surface area contributed by atoms with Gasteiger partial charge < -0.3 is 9.47 Å². The van der Waals surface area contributed by atoms with Gasteiger partial charge in [-0.2, -0.15) is 13.2 Å². The topological polar surface area (TPSA) is 63.4 Å². The fraction of sp³-hybridized carbons (Fsp3) is 0.500. The van der Waals surface area contributed by atoms with E-state index in [9.17, 15) is 18.0 Å². The second kappa shape index (κ2) is 9.47. The summed E-state index contributed by atoms with van der Waals surface area (Å²) in [6.45, 7) is 10.4. The van der Waals surface area contributed by atoms with Crippen molar-refractivity contribution in [2.24, 2.45) is 12.0 Å². The minimum Gasteiger partial charge on any atom is -0.338 e. The maximum atomic E-state index is 16.4. The summed E-state index contributed by atoms with van der Waals surface area (Å²) >= 11 is 0. The highest BCUT2D eigenvalue weighted by Gasteiger charge is 2.47. The molecule has 0 N–H and O–H groups in total. The number of fused-ring (bicyclic) bond motifs is 1. The molecule has 2 atom stereocenters. The highest BCUT2D eigenvalue weighted by atomic mass is 19.4. The molecule has 2 unspecified atom stereocenters. The third-order valence-corrected chi connectivity index (χ3v) is 7.70. The summed E-state index contributed by atoms with van der Waals surface area (Å²) < 4.78 is 58.8. The van der Waals surface area contributed by atoms with E-state index in [0.29, 0.717) is 27.8 Å². The standard InChI is InChI=1S/C28H33F4N5O/c1-16-20(9-8-10-22(16)28(30,31)32)17(2)34-25-21-13-24(33-14-23(21)36(7)18(3)35-25)27(29)11-12-37(19(4)38)26(5,6)15-27/h8-10,13-14,17H,11-12,15H2,1-7H3. The number of carbonyl (C=O) groups excluding carboxylic acids is 1. The molecule has 0 aliphatic carbocycles. The summed E-state index contributed by atoms with van der Waals surface area (Å²) in [5.41, 5.74) is -1.40. The van der Waals surface area contributed by atoms with Gasteiger partial charge >= 0.3 is 6.18 Å². The highest BCUT2D eigenvalue weighted by Crippen LogP contribution is 2.43. The number of nitrogens with zero attached hydrogens (tertiary/aromatic N) is 5. The number of benzene rings is 1. The summed E-state index contributed by atoms with van der Waals surface area (Å²) in [5.74, 6) is 0.528. The molecule has 1 saturated heterocycles. The van der Waals surface area contributed by atoms with E-state index in [4.69, 9.17) is 4.99 Å². The van der Waals surface area contributed by atoms with Crippen LogP contribution in [0.5, 0.6) is 0 Å². The lowest BCUT2D eigenvalue weighted by molar-refractivity contribution is -0.141. The second-order valence-electron chi connectivity index (χ2n) is 10.8. The van der Waals surface area contributed by atoms with Crippen LogP contribution in [0, 0.1) is 13.8 Å². The Labute approximate surface area is 219 Å². The van der Waals surface area contributed by atoms with Gasteiger partial charge in [0.05, 0.1) is 29.0 Å². The van der Waals surface area contributed by atoms with Gasteiger partial charge in [0, 0.05) is 44.3 Å². The number of aromatic nitrogens is 3. The molecule has 0 spiro atoms. The maximum absolute atomic E-state index is 16.4. The van der Waals surface area contributed by atoms with E-state index in [1.807, 2.05) is 25.5 Å². The molecule has 1 amide bonds. The lowest BCUT2D eigenvalue weighted by Gasteiger charge is -2.47. The molecule has 1 fully saturated rings. The van der Waals surface area contributed by atoms with Crippen LogP contribution in [0.25, 0.3) is 10.9 Å². The van der Waals surface area contributed by atoms with Gasteiger partial charge in [-0.15, -0.1) is 0 Å². The first-order valence-electron chi connectivity index (χ1n) is 12.6. The Kier molecular flexibility index (Phi) is 6.91. The number of rotatable bonds is 3. The molecule has 0 bridgehead atoms. The van der Waals surface area contributed by atoms with Crippen LogP contribution < -0.4 is 5.49 Å². The van der Waals surface area contributed by atoms with Gasteiger partial charge in [0.15, 0.2) is 11.2 Å². The van der Waals surface area contributed by atoms with E-state index >= 15 is 4.39 Å². The molecular weight excluding hydrogens is 498 g/mol. The first-order valence-corrected chi connectivity index (χ1v) is 12.6. The Balaban J connectivity index is 1.85. The third kappa shape index (κ3) is 4.92. The normalized spacial score (nSPS) is 21.1.